The van der Waals surface area contributed by atoms with Gasteiger partial charge in [-0.3, -0.25) is 14.6 Å². The third-order valence-corrected chi connectivity index (χ3v) is 8.92. The fourth-order valence-corrected chi connectivity index (χ4v) is 6.22. The van der Waals surface area contributed by atoms with Crippen molar-refractivity contribution in [1.29, 1.82) is 0 Å². The summed E-state index contributed by atoms with van der Waals surface area (Å²) < 4.78 is 17.5. The van der Waals surface area contributed by atoms with E-state index in [2.05, 4.69) is 57.2 Å². The quantitative estimate of drug-likeness (QED) is 0.175. The lowest BCUT2D eigenvalue weighted by Gasteiger charge is -2.32. The Balaban J connectivity index is 0.00000417. The molecule has 1 saturated heterocycles. The Morgan fingerprint density at radius 1 is 0.978 bits per heavy atom. The number of aliphatic hydroxyl groups is 1. The van der Waals surface area contributed by atoms with E-state index in [9.17, 15) is 9.90 Å². The average molecular weight is 644 g/mol. The lowest BCUT2D eigenvalue weighted by atomic mass is 9.98. The van der Waals surface area contributed by atoms with Crippen LogP contribution in [0.3, 0.4) is 0 Å². The number of aromatic nitrogens is 1. The summed E-state index contributed by atoms with van der Waals surface area (Å²) in [5.41, 5.74) is 5.36. The number of aryl methyl sites for hydroxylation is 1. The number of β-amino-alcohol motifs (C(OH)–C–C–N with tert-alkyl or cyclic N) is 1. The third kappa shape index (κ3) is 9.22. The van der Waals surface area contributed by atoms with E-state index in [1.807, 2.05) is 37.3 Å². The summed E-state index contributed by atoms with van der Waals surface area (Å²) in [6.07, 6.45) is 4.71. The van der Waals surface area contributed by atoms with Gasteiger partial charge in [-0.2, -0.15) is 13.5 Å². The van der Waals surface area contributed by atoms with Crippen LogP contribution >= 0.6 is 13.5 Å². The van der Waals surface area contributed by atoms with Crippen LogP contribution in [0.4, 0.5) is 0 Å². The summed E-state index contributed by atoms with van der Waals surface area (Å²) >= 11 is 0. The molecular formula is C37H45N3O5S. The number of hydrogen-bond donors (Lipinski definition) is 1. The number of aliphatic hydroxyl groups excluding tert-OH is 1. The van der Waals surface area contributed by atoms with Crippen molar-refractivity contribution < 1.29 is 23.8 Å². The first-order valence-corrected chi connectivity index (χ1v) is 16.1. The maximum atomic E-state index is 12.9. The highest BCUT2D eigenvalue weighted by Gasteiger charge is 2.22. The van der Waals surface area contributed by atoms with E-state index in [4.69, 9.17) is 13.9 Å². The molecule has 0 spiro atoms. The highest BCUT2D eigenvalue weighted by atomic mass is 32.1. The summed E-state index contributed by atoms with van der Waals surface area (Å²) in [5, 5.41) is 10.7. The molecular weight excluding hydrogens is 598 g/mol. The first kappa shape index (κ1) is 33.7. The van der Waals surface area contributed by atoms with Crippen LogP contribution in [0.5, 0.6) is 11.5 Å². The SMILES string of the molecule is Cc1ncoc1COc1ccc2c(c1)CCN(C[C@@H](O)CCC(=O)c1ccc(OC3CCN(Cc4ccccc4)CC3)cc1)C2.S. The molecule has 0 unspecified atom stereocenters. The zero-order valence-electron chi connectivity index (χ0n) is 26.6. The van der Waals surface area contributed by atoms with Crippen LogP contribution in [0.15, 0.2) is 83.6 Å². The zero-order valence-corrected chi connectivity index (χ0v) is 27.6. The second kappa shape index (κ2) is 16.3. The van der Waals surface area contributed by atoms with E-state index >= 15 is 0 Å². The summed E-state index contributed by atoms with van der Waals surface area (Å²) in [7, 11) is 0. The van der Waals surface area contributed by atoms with Crippen LogP contribution in [0.2, 0.25) is 0 Å². The van der Waals surface area contributed by atoms with Gasteiger partial charge in [-0.15, -0.1) is 0 Å². The molecule has 0 saturated carbocycles. The summed E-state index contributed by atoms with van der Waals surface area (Å²) in [5.74, 6) is 2.41. The van der Waals surface area contributed by atoms with Crippen LogP contribution in [0.1, 0.15) is 64.2 Å². The Morgan fingerprint density at radius 2 is 1.74 bits per heavy atom. The molecule has 46 heavy (non-hydrogen) atoms. The normalized spacial score (nSPS) is 16.3. The van der Waals surface area contributed by atoms with Crippen molar-refractivity contribution in [2.45, 2.75) is 70.9 Å². The van der Waals surface area contributed by atoms with E-state index in [0.29, 0.717) is 31.6 Å². The largest absolute Gasteiger partial charge is 0.490 e. The highest BCUT2D eigenvalue weighted by molar-refractivity contribution is 7.59. The number of Topliss-reactive ketones (excluding diaryl/α,β-unsaturated/α-hetero) is 1. The van der Waals surface area contributed by atoms with Gasteiger partial charge in [0.05, 0.1) is 11.8 Å². The topological polar surface area (TPSA) is 88.3 Å². The fraction of sp³-hybridized carbons (Fsp3) is 0.405. The lowest BCUT2D eigenvalue weighted by Crippen LogP contribution is -2.37. The predicted molar refractivity (Wildman–Crippen MR) is 183 cm³/mol. The maximum absolute atomic E-state index is 12.9. The molecule has 1 N–H and O–H groups in total. The Labute approximate surface area is 278 Å². The molecule has 0 radical (unpaired) electrons. The number of hydrogen-bond acceptors (Lipinski definition) is 8. The Bertz CT molecular complexity index is 1540. The molecule has 1 atom stereocenters. The van der Waals surface area contributed by atoms with Crippen molar-refractivity contribution in [2.75, 3.05) is 26.2 Å². The van der Waals surface area contributed by atoms with Gasteiger partial charge in [-0.25, -0.2) is 4.98 Å². The first-order chi connectivity index (χ1) is 22.0. The number of rotatable bonds is 13. The molecule has 8 nitrogen and oxygen atoms in total. The van der Waals surface area contributed by atoms with Crippen LogP contribution in [-0.4, -0.2) is 64.1 Å². The number of likely N-dealkylation sites (tertiary alicyclic amines) is 1. The van der Waals surface area contributed by atoms with Crippen LogP contribution in [-0.2, 0) is 26.1 Å². The van der Waals surface area contributed by atoms with Crippen molar-refractivity contribution in [1.82, 2.24) is 14.8 Å². The summed E-state index contributed by atoms with van der Waals surface area (Å²) in [6, 6.07) is 24.3. The van der Waals surface area contributed by atoms with Gasteiger partial charge in [-0.1, -0.05) is 36.4 Å². The molecule has 0 amide bonds. The molecule has 4 aromatic rings. The minimum Gasteiger partial charge on any atom is -0.490 e. The van der Waals surface area contributed by atoms with Crippen molar-refractivity contribution in [2.24, 2.45) is 0 Å². The van der Waals surface area contributed by atoms with E-state index in [1.165, 1.54) is 23.1 Å². The number of carbonyl (C=O) groups is 1. The number of fused-ring (bicyclic) bond motifs is 1. The van der Waals surface area contributed by atoms with Crippen molar-refractivity contribution in [3.05, 3.63) is 113 Å². The number of ketones is 1. The van der Waals surface area contributed by atoms with Crippen LogP contribution in [0, 0.1) is 6.92 Å². The molecule has 9 heteroatoms. The summed E-state index contributed by atoms with van der Waals surface area (Å²) in [6.45, 7) is 7.45. The molecule has 6 rings (SSSR count). The second-order valence-corrected chi connectivity index (χ2v) is 12.3. The van der Waals surface area contributed by atoms with Gasteiger partial charge in [0, 0.05) is 51.3 Å². The molecule has 3 heterocycles. The van der Waals surface area contributed by atoms with Gasteiger partial charge in [-0.05, 0) is 85.7 Å². The van der Waals surface area contributed by atoms with Gasteiger partial charge in [0.25, 0.3) is 0 Å². The third-order valence-electron chi connectivity index (χ3n) is 8.92. The van der Waals surface area contributed by atoms with Crippen molar-refractivity contribution in [3.8, 4) is 11.5 Å². The van der Waals surface area contributed by atoms with Gasteiger partial charge in [0.1, 0.15) is 24.2 Å². The summed E-state index contributed by atoms with van der Waals surface area (Å²) in [4.78, 5) is 21.7. The minimum absolute atomic E-state index is 0. The average Bonchev–Trinajstić information content (AvgIpc) is 3.48. The number of nitrogens with zero attached hydrogens (tertiary/aromatic N) is 3. The smallest absolute Gasteiger partial charge is 0.181 e. The van der Waals surface area contributed by atoms with Gasteiger partial charge in [0.2, 0.25) is 0 Å². The van der Waals surface area contributed by atoms with Gasteiger partial charge in [0.15, 0.2) is 17.9 Å². The number of ether oxygens (including phenoxy) is 2. The Morgan fingerprint density at radius 3 is 2.48 bits per heavy atom. The van der Waals surface area contributed by atoms with E-state index in [0.717, 1.165) is 74.9 Å². The molecule has 2 aliphatic rings. The van der Waals surface area contributed by atoms with E-state index in [1.54, 1.807) is 0 Å². The molecule has 0 aliphatic carbocycles. The van der Waals surface area contributed by atoms with Crippen LogP contribution < -0.4 is 9.47 Å². The monoisotopic (exact) mass is 643 g/mol. The fourth-order valence-electron chi connectivity index (χ4n) is 6.22. The van der Waals surface area contributed by atoms with Crippen molar-refractivity contribution >= 4 is 19.3 Å². The maximum Gasteiger partial charge on any atom is 0.181 e. The number of piperidine rings is 1. The zero-order chi connectivity index (χ0) is 31.0. The molecule has 0 bridgehead atoms. The second-order valence-electron chi connectivity index (χ2n) is 12.3. The van der Waals surface area contributed by atoms with E-state index < -0.39 is 6.10 Å². The molecule has 3 aromatic carbocycles. The Hall–Kier alpha value is -3.63. The van der Waals surface area contributed by atoms with Crippen LogP contribution in [0.25, 0.3) is 0 Å². The molecule has 1 aromatic heterocycles. The first-order valence-electron chi connectivity index (χ1n) is 16.1. The number of benzene rings is 3. The predicted octanol–water partition coefficient (Wildman–Crippen LogP) is 6.10. The van der Waals surface area contributed by atoms with E-state index in [-0.39, 0.29) is 25.4 Å². The lowest BCUT2D eigenvalue weighted by molar-refractivity contribution is 0.0836. The Kier molecular flexibility index (Phi) is 11.9. The standard InChI is InChI=1S/C37H43N3O5.H2S/c1-27-37(44-26-38-27)25-43-35-13-9-31-23-40(18-15-30(31)21-35)24-32(41)10-14-36(42)29-7-11-33(12-8-29)45-34-16-19-39(20-17-34)22-28-5-3-2-4-6-28;/h2-9,11-13,21,26,32,34,41H,10,14-20,22-25H2,1H3;1H2/t32-;/m0./s1. The molecule has 1 fully saturated rings. The van der Waals surface area contributed by atoms with Gasteiger partial charge < -0.3 is 19.0 Å². The minimum atomic E-state index is -0.557. The number of oxazole rings is 1. The number of carbonyl (C=O) groups excluding carboxylic acids is 1. The molecule has 2 aliphatic heterocycles. The molecule has 244 valence electrons. The highest BCUT2D eigenvalue weighted by Crippen LogP contribution is 2.26. The van der Waals surface area contributed by atoms with Crippen molar-refractivity contribution in [3.63, 3.8) is 0 Å². The van der Waals surface area contributed by atoms with Gasteiger partial charge >= 0.3 is 0 Å².